The topological polar surface area (TPSA) is 53.4 Å². The van der Waals surface area contributed by atoms with E-state index in [1.54, 1.807) is 11.3 Å². The van der Waals surface area contributed by atoms with Crippen LogP contribution >= 0.6 is 11.3 Å². The molecule has 1 atom stereocenters. The van der Waals surface area contributed by atoms with Crippen LogP contribution in [0, 0.1) is 12.8 Å². The monoisotopic (exact) mass is 240 g/mol. The molecule has 1 aromatic heterocycles. The summed E-state index contributed by atoms with van der Waals surface area (Å²) in [5.41, 5.74) is 1.11. The van der Waals surface area contributed by atoms with Crippen molar-refractivity contribution >= 4 is 17.3 Å². The second-order valence-corrected chi connectivity index (χ2v) is 5.45. The van der Waals surface area contributed by atoms with E-state index in [0.29, 0.717) is 18.4 Å². The number of carbonyl (C=O) groups is 1. The van der Waals surface area contributed by atoms with Crippen molar-refractivity contribution in [3.63, 3.8) is 0 Å². The summed E-state index contributed by atoms with van der Waals surface area (Å²) in [5, 5.41) is 11.8. The van der Waals surface area contributed by atoms with Crippen LogP contribution in [-0.4, -0.2) is 34.0 Å². The van der Waals surface area contributed by atoms with Gasteiger partial charge in [0, 0.05) is 18.5 Å². The molecule has 1 unspecified atom stereocenters. The predicted molar refractivity (Wildman–Crippen MR) is 62.6 cm³/mol. The average molecular weight is 240 g/mol. The van der Waals surface area contributed by atoms with Gasteiger partial charge in [-0.15, -0.1) is 11.3 Å². The zero-order valence-electron chi connectivity index (χ0n) is 9.51. The molecule has 0 saturated carbocycles. The fourth-order valence-corrected chi connectivity index (χ4v) is 2.76. The van der Waals surface area contributed by atoms with Crippen molar-refractivity contribution in [2.24, 2.45) is 5.92 Å². The Hall–Kier alpha value is -0.940. The van der Waals surface area contributed by atoms with Crippen LogP contribution in [0.15, 0.2) is 5.38 Å². The number of hydrogen-bond donors (Lipinski definition) is 1. The third-order valence-corrected chi connectivity index (χ3v) is 3.85. The zero-order valence-corrected chi connectivity index (χ0v) is 10.3. The van der Waals surface area contributed by atoms with Gasteiger partial charge in [-0.2, -0.15) is 0 Å². The summed E-state index contributed by atoms with van der Waals surface area (Å²) in [6.45, 7) is 5.89. The van der Waals surface area contributed by atoms with Crippen LogP contribution in [0.25, 0.3) is 0 Å². The third kappa shape index (κ3) is 2.41. The fraction of sp³-hybridized carbons (Fsp3) is 0.636. The van der Waals surface area contributed by atoms with Crippen LogP contribution in [-0.2, 0) is 4.79 Å². The second kappa shape index (κ2) is 4.51. The number of aromatic nitrogens is 1. The van der Waals surface area contributed by atoms with Crippen molar-refractivity contribution in [1.29, 1.82) is 0 Å². The van der Waals surface area contributed by atoms with E-state index in [0.717, 1.165) is 23.8 Å². The van der Waals surface area contributed by atoms with E-state index < -0.39 is 5.97 Å². The van der Waals surface area contributed by atoms with Crippen LogP contribution in [0.1, 0.15) is 30.1 Å². The van der Waals surface area contributed by atoms with E-state index in [1.807, 2.05) is 6.92 Å². The molecule has 0 spiro atoms. The lowest BCUT2D eigenvalue weighted by molar-refractivity contribution is -0.139. The van der Waals surface area contributed by atoms with Crippen LogP contribution in [0.5, 0.6) is 0 Å². The molecule has 0 aliphatic carbocycles. The lowest BCUT2D eigenvalue weighted by Crippen LogP contribution is -2.48. The first-order chi connectivity index (χ1) is 7.56. The third-order valence-electron chi connectivity index (χ3n) is 3.06. The molecule has 1 saturated heterocycles. The molecule has 0 radical (unpaired) electrons. The maximum atomic E-state index is 10.5. The number of rotatable bonds is 4. The highest BCUT2D eigenvalue weighted by Crippen LogP contribution is 2.30. The second-order valence-electron chi connectivity index (χ2n) is 4.39. The van der Waals surface area contributed by atoms with E-state index in [-0.39, 0.29) is 0 Å². The number of nitrogens with zero attached hydrogens (tertiary/aromatic N) is 2. The highest BCUT2D eigenvalue weighted by Gasteiger charge is 2.32. The predicted octanol–water partition coefficient (Wildman–Crippen LogP) is 1.92. The molecule has 1 aliphatic heterocycles. The summed E-state index contributed by atoms with van der Waals surface area (Å²) in [6.07, 6.45) is 0.291. The van der Waals surface area contributed by atoms with E-state index in [4.69, 9.17) is 5.11 Å². The molecule has 88 valence electrons. The van der Waals surface area contributed by atoms with Crippen LogP contribution in [0.4, 0.5) is 0 Å². The zero-order chi connectivity index (χ0) is 11.7. The highest BCUT2D eigenvalue weighted by molar-refractivity contribution is 7.09. The Labute approximate surface area is 98.9 Å². The summed E-state index contributed by atoms with van der Waals surface area (Å²) < 4.78 is 0. The Morgan fingerprint density at radius 3 is 2.94 bits per heavy atom. The normalized spacial score (nSPS) is 19.4. The fourth-order valence-electron chi connectivity index (χ4n) is 2.06. The first kappa shape index (κ1) is 11.5. The van der Waals surface area contributed by atoms with Gasteiger partial charge in [-0.3, -0.25) is 9.69 Å². The molecule has 1 fully saturated rings. The number of likely N-dealkylation sites (tertiary alicyclic amines) is 1. The Balaban J connectivity index is 1.85. The molecule has 5 heteroatoms. The molecule has 1 N–H and O–H groups in total. The standard InChI is InChI=1S/C11H16N2O2S/c1-7(10-6-16-8(2)12-10)13-4-9(5-13)3-11(14)15/h6-7,9H,3-5H2,1-2H3,(H,14,15). The van der Waals surface area contributed by atoms with Gasteiger partial charge in [0.05, 0.1) is 23.2 Å². The van der Waals surface area contributed by atoms with E-state index >= 15 is 0 Å². The van der Waals surface area contributed by atoms with E-state index in [9.17, 15) is 4.79 Å². The van der Waals surface area contributed by atoms with Gasteiger partial charge in [-0.05, 0) is 19.8 Å². The van der Waals surface area contributed by atoms with Gasteiger partial charge in [-0.1, -0.05) is 0 Å². The first-order valence-corrected chi connectivity index (χ1v) is 6.32. The lowest BCUT2D eigenvalue weighted by Gasteiger charge is -2.42. The first-order valence-electron chi connectivity index (χ1n) is 5.44. The Kier molecular flexibility index (Phi) is 3.25. The summed E-state index contributed by atoms with van der Waals surface area (Å²) >= 11 is 1.66. The molecule has 16 heavy (non-hydrogen) atoms. The van der Waals surface area contributed by atoms with Gasteiger partial charge in [0.25, 0.3) is 0 Å². The maximum Gasteiger partial charge on any atom is 0.303 e. The van der Waals surface area contributed by atoms with Gasteiger partial charge in [-0.25, -0.2) is 4.98 Å². The lowest BCUT2D eigenvalue weighted by atomic mass is 9.94. The van der Waals surface area contributed by atoms with E-state index in [1.165, 1.54) is 0 Å². The SMILES string of the molecule is Cc1nc(C(C)N2CC(CC(=O)O)C2)cs1. The minimum absolute atomic E-state index is 0.291. The number of carboxylic acids is 1. The molecule has 0 amide bonds. The molecule has 2 heterocycles. The number of aryl methyl sites for hydroxylation is 1. The molecule has 1 aliphatic rings. The Morgan fingerprint density at radius 2 is 2.44 bits per heavy atom. The van der Waals surface area contributed by atoms with Crippen molar-refractivity contribution in [3.05, 3.63) is 16.1 Å². The summed E-state index contributed by atoms with van der Waals surface area (Å²) in [4.78, 5) is 17.3. The molecule has 1 aromatic rings. The molecule has 4 nitrogen and oxygen atoms in total. The van der Waals surface area contributed by atoms with Crippen molar-refractivity contribution in [2.75, 3.05) is 13.1 Å². The van der Waals surface area contributed by atoms with Gasteiger partial charge in [0.15, 0.2) is 0 Å². The van der Waals surface area contributed by atoms with Crippen molar-refractivity contribution in [3.8, 4) is 0 Å². The maximum absolute atomic E-state index is 10.5. The van der Waals surface area contributed by atoms with Crippen molar-refractivity contribution in [1.82, 2.24) is 9.88 Å². The van der Waals surface area contributed by atoms with Crippen LogP contribution < -0.4 is 0 Å². The van der Waals surface area contributed by atoms with E-state index in [2.05, 4.69) is 22.2 Å². The highest BCUT2D eigenvalue weighted by atomic mass is 32.1. The summed E-state index contributed by atoms with van der Waals surface area (Å²) in [6, 6.07) is 0.315. The van der Waals surface area contributed by atoms with Crippen LogP contribution in [0.3, 0.4) is 0 Å². The van der Waals surface area contributed by atoms with Crippen molar-refractivity contribution in [2.45, 2.75) is 26.3 Å². The van der Waals surface area contributed by atoms with Crippen molar-refractivity contribution < 1.29 is 9.90 Å². The molecule has 0 aromatic carbocycles. The quantitative estimate of drug-likeness (QED) is 0.873. The number of carboxylic acid groups (broad SMARTS) is 1. The van der Waals surface area contributed by atoms with Gasteiger partial charge >= 0.3 is 5.97 Å². The minimum Gasteiger partial charge on any atom is -0.481 e. The molecular weight excluding hydrogens is 224 g/mol. The molecule has 0 bridgehead atoms. The number of aliphatic carboxylic acids is 1. The average Bonchev–Trinajstić information content (AvgIpc) is 2.56. The summed E-state index contributed by atoms with van der Waals surface area (Å²) in [5.74, 6) is -0.374. The molecule has 2 rings (SSSR count). The van der Waals surface area contributed by atoms with Crippen LogP contribution in [0.2, 0.25) is 0 Å². The number of thiazole rings is 1. The van der Waals surface area contributed by atoms with Gasteiger partial charge in [0.1, 0.15) is 0 Å². The van der Waals surface area contributed by atoms with Gasteiger partial charge < -0.3 is 5.11 Å². The molecular formula is C11H16N2O2S. The Morgan fingerprint density at radius 1 is 1.75 bits per heavy atom. The largest absolute Gasteiger partial charge is 0.481 e. The minimum atomic E-state index is -0.693. The Bertz CT molecular complexity index is 385. The van der Waals surface area contributed by atoms with Gasteiger partial charge in [0.2, 0.25) is 0 Å². The summed E-state index contributed by atoms with van der Waals surface area (Å²) in [7, 11) is 0. The smallest absolute Gasteiger partial charge is 0.303 e. The number of hydrogen-bond acceptors (Lipinski definition) is 4.